The third-order valence-corrected chi connectivity index (χ3v) is 5.66. The Hall–Kier alpha value is -0.820. The predicted octanol–water partition coefficient (Wildman–Crippen LogP) is 4.59. The van der Waals surface area contributed by atoms with Gasteiger partial charge in [-0.1, -0.05) is 38.1 Å². The maximum atomic E-state index is 4.01. The van der Waals surface area contributed by atoms with Gasteiger partial charge in [-0.3, -0.25) is 0 Å². The van der Waals surface area contributed by atoms with Crippen LogP contribution < -0.4 is 5.32 Å². The maximum Gasteiger partial charge on any atom is 0.0132 e. The van der Waals surface area contributed by atoms with E-state index in [1.807, 2.05) is 0 Å². The fraction of sp³-hybridized carbons (Fsp3) is 0.700. The van der Waals surface area contributed by atoms with Crippen LogP contribution >= 0.6 is 0 Å². The average molecular weight is 285 g/mol. The molecule has 2 aliphatic rings. The summed E-state index contributed by atoms with van der Waals surface area (Å²) in [7, 11) is 0. The molecule has 0 radical (unpaired) electrons. The Labute approximate surface area is 130 Å². The van der Waals surface area contributed by atoms with Crippen LogP contribution in [0.25, 0.3) is 0 Å². The summed E-state index contributed by atoms with van der Waals surface area (Å²) in [4.78, 5) is 0. The van der Waals surface area contributed by atoms with Crippen LogP contribution in [0.3, 0.4) is 0 Å². The first-order valence-corrected chi connectivity index (χ1v) is 8.96. The molecule has 0 spiro atoms. The predicted molar refractivity (Wildman–Crippen MR) is 90.5 cm³/mol. The van der Waals surface area contributed by atoms with E-state index in [1.54, 1.807) is 11.1 Å². The van der Waals surface area contributed by atoms with Gasteiger partial charge in [0.05, 0.1) is 0 Å². The quantitative estimate of drug-likeness (QED) is 0.834. The molecule has 0 saturated heterocycles. The second kappa shape index (κ2) is 6.52. The molecule has 0 amide bonds. The van der Waals surface area contributed by atoms with Crippen molar-refractivity contribution in [1.82, 2.24) is 5.32 Å². The Morgan fingerprint density at radius 2 is 1.52 bits per heavy atom. The molecule has 3 atom stereocenters. The van der Waals surface area contributed by atoms with Crippen LogP contribution in [-0.2, 0) is 12.8 Å². The molecule has 1 aromatic rings. The summed E-state index contributed by atoms with van der Waals surface area (Å²) in [5.41, 5.74) is 3.23. The molecule has 2 bridgehead atoms. The third-order valence-electron chi connectivity index (χ3n) is 5.66. The van der Waals surface area contributed by atoms with Crippen molar-refractivity contribution in [3.8, 4) is 0 Å². The molecule has 1 saturated carbocycles. The van der Waals surface area contributed by atoms with Crippen LogP contribution in [0.1, 0.15) is 57.6 Å². The second-order valence-electron chi connectivity index (χ2n) is 7.84. The van der Waals surface area contributed by atoms with Gasteiger partial charge in [0.1, 0.15) is 0 Å². The van der Waals surface area contributed by atoms with Crippen LogP contribution in [0.4, 0.5) is 0 Å². The SMILES string of the molecule is CC(C)CCC(C)NC1C2CCC1Cc1ccccc1C2. The minimum atomic E-state index is 0.668. The molecule has 2 aliphatic carbocycles. The molecule has 1 N–H and O–H groups in total. The lowest BCUT2D eigenvalue weighted by atomic mass is 9.93. The second-order valence-corrected chi connectivity index (χ2v) is 7.84. The summed E-state index contributed by atoms with van der Waals surface area (Å²) in [6.07, 6.45) is 8.10. The van der Waals surface area contributed by atoms with Crippen LogP contribution in [0.15, 0.2) is 24.3 Å². The zero-order valence-corrected chi connectivity index (χ0v) is 13.9. The molecule has 0 heterocycles. The van der Waals surface area contributed by atoms with Crippen molar-refractivity contribution in [2.45, 2.75) is 71.4 Å². The van der Waals surface area contributed by atoms with Gasteiger partial charge in [-0.05, 0) is 74.3 Å². The zero-order valence-electron chi connectivity index (χ0n) is 13.9. The minimum Gasteiger partial charge on any atom is -0.311 e. The molecule has 3 rings (SSSR count). The van der Waals surface area contributed by atoms with Crippen molar-refractivity contribution < 1.29 is 0 Å². The summed E-state index contributed by atoms with van der Waals surface area (Å²) in [6, 6.07) is 10.6. The van der Waals surface area contributed by atoms with Crippen molar-refractivity contribution >= 4 is 0 Å². The monoisotopic (exact) mass is 285 g/mol. The van der Waals surface area contributed by atoms with E-state index in [1.165, 1.54) is 38.5 Å². The van der Waals surface area contributed by atoms with Crippen molar-refractivity contribution in [2.75, 3.05) is 0 Å². The normalized spacial score (nSPS) is 29.2. The molecule has 1 fully saturated rings. The lowest BCUT2D eigenvalue weighted by molar-refractivity contribution is 0.299. The number of benzene rings is 1. The maximum absolute atomic E-state index is 4.01. The lowest BCUT2D eigenvalue weighted by Crippen LogP contribution is -2.43. The van der Waals surface area contributed by atoms with Crippen LogP contribution in [-0.4, -0.2) is 12.1 Å². The molecular formula is C20H31N. The van der Waals surface area contributed by atoms with E-state index in [9.17, 15) is 0 Å². The van der Waals surface area contributed by atoms with E-state index in [4.69, 9.17) is 0 Å². The highest BCUT2D eigenvalue weighted by atomic mass is 15.0. The number of hydrogen-bond donors (Lipinski definition) is 1. The van der Waals surface area contributed by atoms with E-state index in [2.05, 4.69) is 50.4 Å². The molecule has 1 nitrogen and oxygen atoms in total. The molecule has 1 aromatic carbocycles. The first kappa shape index (κ1) is 15.1. The summed E-state index contributed by atoms with van der Waals surface area (Å²) in [5.74, 6) is 2.55. The van der Waals surface area contributed by atoms with Gasteiger partial charge in [0, 0.05) is 12.1 Å². The van der Waals surface area contributed by atoms with Crippen LogP contribution in [0, 0.1) is 17.8 Å². The lowest BCUT2D eigenvalue weighted by Gasteiger charge is -2.28. The number of fused-ring (bicyclic) bond motifs is 3. The highest BCUT2D eigenvalue weighted by Gasteiger charge is 2.39. The fourth-order valence-corrected chi connectivity index (χ4v) is 4.42. The van der Waals surface area contributed by atoms with Crippen molar-refractivity contribution in [2.24, 2.45) is 17.8 Å². The van der Waals surface area contributed by atoms with E-state index in [0.29, 0.717) is 6.04 Å². The van der Waals surface area contributed by atoms with Crippen molar-refractivity contribution in [3.63, 3.8) is 0 Å². The van der Waals surface area contributed by atoms with Gasteiger partial charge in [0.25, 0.3) is 0 Å². The molecular weight excluding hydrogens is 254 g/mol. The van der Waals surface area contributed by atoms with Gasteiger partial charge in [-0.25, -0.2) is 0 Å². The van der Waals surface area contributed by atoms with Gasteiger partial charge >= 0.3 is 0 Å². The standard InChI is InChI=1S/C20H31N/c1-14(2)8-9-15(3)21-20-18-10-11-19(20)13-17-7-5-4-6-16(17)12-18/h4-7,14-15,18-21H,8-13H2,1-3H3. The first-order valence-electron chi connectivity index (χ1n) is 8.96. The number of nitrogens with one attached hydrogen (secondary N) is 1. The highest BCUT2D eigenvalue weighted by Crippen LogP contribution is 2.40. The largest absolute Gasteiger partial charge is 0.311 e. The third kappa shape index (κ3) is 3.51. The Bertz CT molecular complexity index is 432. The van der Waals surface area contributed by atoms with E-state index in [0.717, 1.165) is 23.8 Å². The van der Waals surface area contributed by atoms with Crippen molar-refractivity contribution in [1.29, 1.82) is 0 Å². The molecule has 0 aromatic heterocycles. The summed E-state index contributed by atoms with van der Waals surface area (Å²) >= 11 is 0. The van der Waals surface area contributed by atoms with Gasteiger partial charge in [0.15, 0.2) is 0 Å². The molecule has 3 unspecified atom stereocenters. The highest BCUT2D eigenvalue weighted by molar-refractivity contribution is 5.30. The Morgan fingerprint density at radius 1 is 0.952 bits per heavy atom. The van der Waals surface area contributed by atoms with Gasteiger partial charge in [0.2, 0.25) is 0 Å². The van der Waals surface area contributed by atoms with Crippen LogP contribution in [0.2, 0.25) is 0 Å². The fourth-order valence-electron chi connectivity index (χ4n) is 4.42. The molecule has 1 heteroatoms. The summed E-state index contributed by atoms with van der Waals surface area (Å²) in [5, 5.41) is 4.01. The van der Waals surface area contributed by atoms with Gasteiger partial charge in [-0.15, -0.1) is 0 Å². The minimum absolute atomic E-state index is 0.668. The molecule has 0 aliphatic heterocycles. The zero-order chi connectivity index (χ0) is 14.8. The van der Waals surface area contributed by atoms with Gasteiger partial charge in [-0.2, -0.15) is 0 Å². The van der Waals surface area contributed by atoms with Crippen LogP contribution in [0.5, 0.6) is 0 Å². The molecule has 21 heavy (non-hydrogen) atoms. The smallest absolute Gasteiger partial charge is 0.0132 e. The summed E-state index contributed by atoms with van der Waals surface area (Å²) in [6.45, 7) is 7.05. The first-order chi connectivity index (χ1) is 10.1. The topological polar surface area (TPSA) is 12.0 Å². The Morgan fingerprint density at radius 3 is 2.05 bits per heavy atom. The number of hydrogen-bond acceptors (Lipinski definition) is 1. The Balaban J connectivity index is 1.65. The van der Waals surface area contributed by atoms with Crippen molar-refractivity contribution in [3.05, 3.63) is 35.4 Å². The number of rotatable bonds is 5. The summed E-state index contributed by atoms with van der Waals surface area (Å²) < 4.78 is 0. The molecule has 116 valence electrons. The Kier molecular flexibility index (Phi) is 4.69. The average Bonchev–Trinajstić information content (AvgIpc) is 2.72. The van der Waals surface area contributed by atoms with Gasteiger partial charge < -0.3 is 5.32 Å². The van der Waals surface area contributed by atoms with E-state index in [-0.39, 0.29) is 0 Å². The van der Waals surface area contributed by atoms with E-state index >= 15 is 0 Å². The van der Waals surface area contributed by atoms with E-state index < -0.39 is 0 Å².